The Morgan fingerprint density at radius 3 is 2.83 bits per heavy atom. The number of aromatic amines is 1. The molecule has 0 saturated carbocycles. The van der Waals surface area contributed by atoms with Crippen LogP contribution in [0.4, 0.5) is 5.69 Å². The zero-order chi connectivity index (χ0) is 13.1. The second-order valence-electron chi connectivity index (χ2n) is 4.61. The molecule has 96 valence electrons. The van der Waals surface area contributed by atoms with Crippen LogP contribution < -0.4 is 11.3 Å². The minimum absolute atomic E-state index is 0.0839. The molecule has 1 heterocycles. The molecule has 0 radical (unpaired) electrons. The van der Waals surface area contributed by atoms with Crippen molar-refractivity contribution in [3.8, 4) is 11.1 Å². The monoisotopic (exact) mass is 246 g/mol. The molecule has 2 aromatic rings. The van der Waals surface area contributed by atoms with E-state index in [1.54, 1.807) is 16.8 Å². The summed E-state index contributed by atoms with van der Waals surface area (Å²) in [5, 5.41) is 2.81. The van der Waals surface area contributed by atoms with Crippen LogP contribution in [0.1, 0.15) is 0 Å². The van der Waals surface area contributed by atoms with Crippen LogP contribution in [0, 0.1) is 0 Å². The summed E-state index contributed by atoms with van der Waals surface area (Å²) in [5.41, 5.74) is 7.80. The van der Waals surface area contributed by atoms with Gasteiger partial charge in [-0.1, -0.05) is 12.1 Å². The number of H-pyrrole nitrogens is 1. The first-order chi connectivity index (χ1) is 8.56. The largest absolute Gasteiger partial charge is 0.399 e. The van der Waals surface area contributed by atoms with Crippen molar-refractivity contribution in [2.75, 3.05) is 26.4 Å². The van der Waals surface area contributed by atoms with Gasteiger partial charge in [0, 0.05) is 18.4 Å². The Hall–Kier alpha value is -2.01. The van der Waals surface area contributed by atoms with Crippen molar-refractivity contribution in [3.63, 3.8) is 0 Å². The van der Waals surface area contributed by atoms with Crippen LogP contribution in [0.5, 0.6) is 0 Å². The van der Waals surface area contributed by atoms with E-state index in [-0.39, 0.29) is 5.56 Å². The molecule has 0 amide bonds. The summed E-state index contributed by atoms with van der Waals surface area (Å²) >= 11 is 0. The fraction of sp³-hybridized carbons (Fsp3) is 0.308. The van der Waals surface area contributed by atoms with Crippen molar-refractivity contribution in [2.45, 2.75) is 6.54 Å². The van der Waals surface area contributed by atoms with Gasteiger partial charge < -0.3 is 10.6 Å². The average molecular weight is 246 g/mol. The van der Waals surface area contributed by atoms with Gasteiger partial charge in [-0.2, -0.15) is 0 Å². The molecule has 0 saturated heterocycles. The molecule has 0 aliphatic carbocycles. The van der Waals surface area contributed by atoms with Gasteiger partial charge in [-0.25, -0.2) is 0 Å². The summed E-state index contributed by atoms with van der Waals surface area (Å²) in [6, 6.07) is 7.35. The minimum atomic E-state index is -0.0839. The maximum atomic E-state index is 11.9. The van der Waals surface area contributed by atoms with E-state index in [0.717, 1.165) is 18.7 Å². The third-order valence-electron chi connectivity index (χ3n) is 2.76. The molecule has 3 N–H and O–H groups in total. The standard InChI is InChI=1S/C13H18N4O/c1-16(2)6-7-17-9-12(13(18)15-17)10-4-3-5-11(14)8-10/h3-5,8-9H,6-7,14H2,1-2H3,(H,15,18). The molecule has 0 bridgehead atoms. The number of nitrogen functional groups attached to an aromatic ring is 1. The topological polar surface area (TPSA) is 67.0 Å². The van der Waals surface area contributed by atoms with E-state index in [0.29, 0.717) is 11.3 Å². The third-order valence-corrected chi connectivity index (χ3v) is 2.76. The number of nitrogens with zero attached hydrogens (tertiary/aromatic N) is 2. The number of anilines is 1. The highest BCUT2D eigenvalue weighted by molar-refractivity contribution is 5.65. The molecule has 0 aliphatic rings. The van der Waals surface area contributed by atoms with Gasteiger partial charge in [-0.05, 0) is 31.8 Å². The van der Waals surface area contributed by atoms with Crippen LogP contribution in [0.15, 0.2) is 35.3 Å². The van der Waals surface area contributed by atoms with Gasteiger partial charge in [0.1, 0.15) is 0 Å². The van der Waals surface area contributed by atoms with Gasteiger partial charge in [0.25, 0.3) is 5.56 Å². The van der Waals surface area contributed by atoms with E-state index in [2.05, 4.69) is 10.00 Å². The van der Waals surface area contributed by atoms with E-state index in [1.807, 2.05) is 32.4 Å². The first-order valence-electron chi connectivity index (χ1n) is 5.86. The summed E-state index contributed by atoms with van der Waals surface area (Å²) in [6.07, 6.45) is 1.83. The predicted molar refractivity (Wildman–Crippen MR) is 73.5 cm³/mol. The number of benzene rings is 1. The number of hydrogen-bond donors (Lipinski definition) is 2. The quantitative estimate of drug-likeness (QED) is 0.790. The van der Waals surface area contributed by atoms with Crippen molar-refractivity contribution in [1.82, 2.24) is 14.7 Å². The van der Waals surface area contributed by atoms with E-state index in [9.17, 15) is 4.79 Å². The predicted octanol–water partition coefficient (Wildman–Crippen LogP) is 0.987. The number of nitrogens with one attached hydrogen (secondary N) is 1. The molecule has 0 atom stereocenters. The normalized spacial score (nSPS) is 11.1. The van der Waals surface area contributed by atoms with Crippen LogP contribution in [-0.4, -0.2) is 35.3 Å². The maximum Gasteiger partial charge on any atom is 0.271 e. The molecule has 1 aromatic carbocycles. The van der Waals surface area contributed by atoms with Gasteiger partial charge in [-0.15, -0.1) is 0 Å². The number of hydrogen-bond acceptors (Lipinski definition) is 3. The summed E-state index contributed by atoms with van der Waals surface area (Å²) in [6.45, 7) is 1.63. The smallest absolute Gasteiger partial charge is 0.271 e. The number of likely N-dealkylation sites (N-methyl/N-ethyl adjacent to an activating group) is 1. The van der Waals surface area contributed by atoms with E-state index >= 15 is 0 Å². The lowest BCUT2D eigenvalue weighted by Gasteiger charge is -2.09. The summed E-state index contributed by atoms with van der Waals surface area (Å²) in [4.78, 5) is 13.9. The van der Waals surface area contributed by atoms with Crippen LogP contribution in [0.3, 0.4) is 0 Å². The first-order valence-corrected chi connectivity index (χ1v) is 5.86. The van der Waals surface area contributed by atoms with Crippen LogP contribution in [0.2, 0.25) is 0 Å². The second-order valence-corrected chi connectivity index (χ2v) is 4.61. The Morgan fingerprint density at radius 2 is 2.17 bits per heavy atom. The molecule has 5 nitrogen and oxygen atoms in total. The zero-order valence-electron chi connectivity index (χ0n) is 10.7. The van der Waals surface area contributed by atoms with Gasteiger partial charge in [0.15, 0.2) is 0 Å². The summed E-state index contributed by atoms with van der Waals surface area (Å²) in [7, 11) is 4.00. The number of nitrogens with two attached hydrogens (primary N) is 1. The molecule has 1 aromatic heterocycles. The Bertz CT molecular complexity index is 583. The molecule has 5 heteroatoms. The maximum absolute atomic E-state index is 11.9. The van der Waals surface area contributed by atoms with Gasteiger partial charge in [-0.3, -0.25) is 14.6 Å². The molecule has 0 unspecified atom stereocenters. The van der Waals surface area contributed by atoms with Gasteiger partial charge in [0.2, 0.25) is 0 Å². The van der Waals surface area contributed by atoms with Crippen LogP contribution in [-0.2, 0) is 6.54 Å². The van der Waals surface area contributed by atoms with E-state index < -0.39 is 0 Å². The van der Waals surface area contributed by atoms with Crippen molar-refractivity contribution in [1.29, 1.82) is 0 Å². The number of aromatic nitrogens is 2. The lowest BCUT2D eigenvalue weighted by atomic mass is 10.1. The van der Waals surface area contributed by atoms with Gasteiger partial charge >= 0.3 is 0 Å². The molecular formula is C13H18N4O. The van der Waals surface area contributed by atoms with E-state index in [1.165, 1.54) is 0 Å². The lowest BCUT2D eigenvalue weighted by Crippen LogP contribution is -2.19. The Labute approximate surface area is 106 Å². The van der Waals surface area contributed by atoms with Crippen molar-refractivity contribution in [2.24, 2.45) is 0 Å². The second kappa shape index (κ2) is 5.10. The molecule has 0 spiro atoms. The lowest BCUT2D eigenvalue weighted by molar-refractivity contribution is 0.372. The van der Waals surface area contributed by atoms with E-state index in [4.69, 9.17) is 5.73 Å². The average Bonchev–Trinajstić information content (AvgIpc) is 2.68. The highest BCUT2D eigenvalue weighted by Crippen LogP contribution is 2.17. The molecule has 18 heavy (non-hydrogen) atoms. The van der Waals surface area contributed by atoms with Gasteiger partial charge in [0.05, 0.1) is 12.1 Å². The minimum Gasteiger partial charge on any atom is -0.399 e. The van der Waals surface area contributed by atoms with Crippen molar-refractivity contribution < 1.29 is 0 Å². The Morgan fingerprint density at radius 1 is 1.39 bits per heavy atom. The fourth-order valence-corrected chi connectivity index (χ4v) is 1.78. The van der Waals surface area contributed by atoms with Crippen LogP contribution >= 0.6 is 0 Å². The number of rotatable bonds is 4. The first kappa shape index (κ1) is 12.4. The molecule has 0 aliphatic heterocycles. The summed E-state index contributed by atoms with van der Waals surface area (Å²) in [5.74, 6) is 0. The van der Waals surface area contributed by atoms with Crippen molar-refractivity contribution in [3.05, 3.63) is 40.8 Å². The summed E-state index contributed by atoms with van der Waals surface area (Å²) < 4.78 is 1.81. The molecular weight excluding hydrogens is 228 g/mol. The molecule has 0 fully saturated rings. The third kappa shape index (κ3) is 2.81. The zero-order valence-corrected chi connectivity index (χ0v) is 10.7. The highest BCUT2D eigenvalue weighted by atomic mass is 16.1. The van der Waals surface area contributed by atoms with Crippen molar-refractivity contribution >= 4 is 5.69 Å². The Kier molecular flexibility index (Phi) is 3.53. The SMILES string of the molecule is CN(C)CCn1cc(-c2cccc(N)c2)c(=O)[nH]1. The van der Waals surface area contributed by atoms with Crippen LogP contribution in [0.25, 0.3) is 11.1 Å². The Balaban J connectivity index is 2.27. The fourth-order valence-electron chi connectivity index (χ4n) is 1.78. The molecule has 2 rings (SSSR count). The highest BCUT2D eigenvalue weighted by Gasteiger charge is 2.07.